The highest BCUT2D eigenvalue weighted by atomic mass is 16.4. The van der Waals surface area contributed by atoms with E-state index in [4.69, 9.17) is 0 Å². The van der Waals surface area contributed by atoms with E-state index in [0.29, 0.717) is 89.2 Å². The van der Waals surface area contributed by atoms with Crippen molar-refractivity contribution >= 4 is 29.6 Å². The summed E-state index contributed by atoms with van der Waals surface area (Å²) in [5.41, 5.74) is -0.844. The Bertz CT molecular complexity index is 3170. The van der Waals surface area contributed by atoms with E-state index in [1.54, 1.807) is 0 Å². The highest BCUT2D eigenvalue weighted by Crippen LogP contribution is 2.73. The number of aliphatic hydroxyl groups is 6. The Morgan fingerprint density at radius 2 is 0.869 bits per heavy atom. The van der Waals surface area contributed by atoms with E-state index in [2.05, 4.69) is 93.9 Å². The van der Waals surface area contributed by atoms with Crippen LogP contribution < -0.4 is 21.3 Å². The molecule has 1 aromatic heterocycles. The maximum absolute atomic E-state index is 14.4. The number of nitrogens with zero attached hydrogens (tertiary/aromatic N) is 3. The molecule has 1 aromatic rings. The fourth-order valence-corrected chi connectivity index (χ4v) is 28.9. The number of hydrogen-bond acceptors (Lipinski definition) is 13. The molecule has 99 heavy (non-hydrogen) atoms. The van der Waals surface area contributed by atoms with E-state index >= 15 is 0 Å². The summed E-state index contributed by atoms with van der Waals surface area (Å²) in [5.74, 6) is 0.829. The summed E-state index contributed by atoms with van der Waals surface area (Å²) in [6.45, 7) is 20.9. The van der Waals surface area contributed by atoms with Crippen LogP contribution in [0.3, 0.4) is 0 Å². The minimum atomic E-state index is -1.05. The number of fused-ring (bicyclic) bond motifs is 1. The first-order valence-electron chi connectivity index (χ1n) is 40.3. The van der Waals surface area contributed by atoms with Crippen LogP contribution >= 0.6 is 0 Å². The van der Waals surface area contributed by atoms with Crippen molar-refractivity contribution in [3.8, 4) is 0 Å². The fourth-order valence-electron chi connectivity index (χ4n) is 28.9. The van der Waals surface area contributed by atoms with Crippen molar-refractivity contribution in [2.24, 2.45) is 139 Å². The van der Waals surface area contributed by atoms with Gasteiger partial charge < -0.3 is 57.0 Å². The number of aliphatic hydroxyl groups excluding tert-OH is 6. The minimum Gasteiger partial charge on any atom is -0.481 e. The third kappa shape index (κ3) is 12.1. The summed E-state index contributed by atoms with van der Waals surface area (Å²) in [6, 6.07) is -1.15. The topological polar surface area (TPSA) is 306 Å². The van der Waals surface area contributed by atoms with E-state index in [9.17, 15) is 59.7 Å². The Morgan fingerprint density at radius 3 is 1.31 bits per heavy atom. The Balaban J connectivity index is 0.670. The molecule has 12 fully saturated rings. The van der Waals surface area contributed by atoms with Crippen molar-refractivity contribution < 1.29 is 59.7 Å². The molecule has 34 atom stereocenters. The predicted molar refractivity (Wildman–Crippen MR) is 373 cm³/mol. The van der Waals surface area contributed by atoms with Gasteiger partial charge in [-0.25, -0.2) is 4.68 Å². The van der Waals surface area contributed by atoms with Gasteiger partial charge in [-0.3, -0.25) is 24.0 Å². The molecule has 0 saturated heterocycles. The minimum absolute atomic E-state index is 0.0213. The molecule has 0 unspecified atom stereocenters. The second-order valence-corrected chi connectivity index (χ2v) is 38.3. The number of amides is 4. The summed E-state index contributed by atoms with van der Waals surface area (Å²) in [4.78, 5) is 68.2. The first kappa shape index (κ1) is 72.2. The molecule has 0 aromatic carbocycles. The number of carboxylic acid groups (broad SMARTS) is 1. The van der Waals surface area contributed by atoms with Crippen molar-refractivity contribution in [3.63, 3.8) is 0 Å². The van der Waals surface area contributed by atoms with Crippen LogP contribution in [0.4, 0.5) is 0 Å². The second kappa shape index (κ2) is 27.0. The Labute approximate surface area is 589 Å². The largest absolute Gasteiger partial charge is 0.481 e. The highest BCUT2D eigenvalue weighted by molar-refractivity contribution is 5.88. The summed E-state index contributed by atoms with van der Waals surface area (Å²) >= 11 is 0. The van der Waals surface area contributed by atoms with Crippen molar-refractivity contribution in [1.29, 1.82) is 0 Å². The van der Waals surface area contributed by atoms with Gasteiger partial charge in [-0.05, 0) is 300 Å². The molecule has 554 valence electrons. The number of carbonyl (C=O) groups is 5. The highest BCUT2D eigenvalue weighted by Gasteiger charge is 2.70. The van der Waals surface area contributed by atoms with Crippen molar-refractivity contribution in [3.05, 3.63) is 11.9 Å². The Kier molecular flexibility index (Phi) is 19.7. The second-order valence-electron chi connectivity index (χ2n) is 38.3. The maximum atomic E-state index is 14.4. The van der Waals surface area contributed by atoms with Gasteiger partial charge in [-0.15, -0.1) is 5.10 Å². The summed E-state index contributed by atoms with van der Waals surface area (Å²) < 4.78 is 1.97. The van der Waals surface area contributed by atoms with Crippen LogP contribution in [0, 0.1) is 139 Å². The molecular formula is C80H127N7O12. The number of carboxylic acids is 1. The Morgan fingerprint density at radius 1 is 0.475 bits per heavy atom. The number of carbonyl (C=O) groups excluding carboxylic acids is 4. The first-order valence-corrected chi connectivity index (χ1v) is 40.3. The maximum Gasteiger partial charge on any atom is 0.303 e. The van der Waals surface area contributed by atoms with Crippen molar-refractivity contribution in [2.45, 2.75) is 316 Å². The molecule has 19 nitrogen and oxygen atoms in total. The lowest BCUT2D eigenvalue weighted by Gasteiger charge is -2.63. The molecule has 24 aliphatic rings. The molecule has 13 heterocycles. The average Bonchev–Trinajstić information content (AvgIpc) is 1.66. The van der Waals surface area contributed by atoms with Gasteiger partial charge in [0.25, 0.3) is 0 Å². The van der Waals surface area contributed by atoms with Gasteiger partial charge in [0.15, 0.2) is 0 Å². The van der Waals surface area contributed by atoms with Gasteiger partial charge in [-0.2, -0.15) is 0 Å². The standard InChI is InChI=1S/C80H127N7O12/c1-41-10-20-67(94)81-39-49-40-87(86-85-49)50-26-29-77(6)46(32-50)35-63(90)73-56-18-15-53(80(56,9)66(93)38-59(73)77)43(3)12-22-69(96)84-60(19-23-70(97)98)74(99)83-48-25-28-76(5)45(31-48)34-62(89)72-55-17-14-52(79(55,8)65(92)37-58(72)76)42(2)11-21-68(95)82-47-24-27-75(4)44(30-47)33-61(88)71-54-16-13-51(41)78(54,7)64(91)36-57(71)75/h40-48,50-66,71-73,88-93H,10-39H2,1-9H3,(H,81,94)(H,82,95)(H,83,99)(H,84,96)(H,97,98)/t41-,42-,43-,44+,45+,46+,47-,48-,50-,51-,52-,53-,54+,55+,56+,57+,58-,59+,60+,61-,62-,63-,64+,65+,66+,71+,72+,73+,75+,76-,77+,78-,79-,80-/m1/s1. The summed E-state index contributed by atoms with van der Waals surface area (Å²) in [7, 11) is 0. The number of aliphatic carboxylic acids is 1. The van der Waals surface area contributed by atoms with Gasteiger partial charge in [0.1, 0.15) is 11.7 Å². The Hall–Kier alpha value is -3.75. The summed E-state index contributed by atoms with van der Waals surface area (Å²) in [6.07, 6.45) is 18.2. The van der Waals surface area contributed by atoms with Crippen LogP contribution in [0.25, 0.3) is 0 Å². The average molecular weight is 1380 g/mol. The zero-order valence-electron chi connectivity index (χ0n) is 61.5. The monoisotopic (exact) mass is 1380 g/mol. The lowest BCUT2D eigenvalue weighted by molar-refractivity contribution is -0.204. The lowest BCUT2D eigenvalue weighted by atomic mass is 9.43. The molecular weight excluding hydrogens is 1250 g/mol. The molecule has 4 amide bonds. The smallest absolute Gasteiger partial charge is 0.303 e. The predicted octanol–water partition coefficient (Wildman–Crippen LogP) is 9.82. The van der Waals surface area contributed by atoms with Crippen LogP contribution in [-0.4, -0.2) is 135 Å². The third-order valence-electron chi connectivity index (χ3n) is 34.5. The molecule has 12 saturated carbocycles. The normalized spacial score (nSPS) is 52.7. The van der Waals surface area contributed by atoms with Crippen molar-refractivity contribution in [2.75, 3.05) is 0 Å². The van der Waals surface area contributed by atoms with Gasteiger partial charge >= 0.3 is 5.97 Å². The molecule has 11 N–H and O–H groups in total. The van der Waals surface area contributed by atoms with E-state index < -0.39 is 59.5 Å². The van der Waals surface area contributed by atoms with Crippen LogP contribution in [0.2, 0.25) is 0 Å². The molecule has 12 aliphatic heterocycles. The van der Waals surface area contributed by atoms with Crippen molar-refractivity contribution in [1.82, 2.24) is 36.3 Å². The van der Waals surface area contributed by atoms with Crippen LogP contribution in [-0.2, 0) is 30.5 Å². The molecule has 0 radical (unpaired) electrons. The number of aromatic nitrogens is 3. The van der Waals surface area contributed by atoms with Gasteiger partial charge in [0.2, 0.25) is 23.6 Å². The van der Waals surface area contributed by atoms with Crippen LogP contribution in [0.1, 0.15) is 260 Å². The van der Waals surface area contributed by atoms with Gasteiger partial charge in [-0.1, -0.05) is 67.5 Å². The number of hydrogen-bond donors (Lipinski definition) is 11. The zero-order chi connectivity index (χ0) is 70.4. The zero-order valence-corrected chi connectivity index (χ0v) is 61.5. The molecule has 25 rings (SSSR count). The fraction of sp³-hybridized carbons (Fsp3) is 0.912. The van der Waals surface area contributed by atoms with Gasteiger partial charge in [0, 0.05) is 37.8 Å². The first-order chi connectivity index (χ1) is 46.9. The molecule has 0 spiro atoms. The molecule has 26 bridgehead atoms. The lowest BCUT2D eigenvalue weighted by Crippen LogP contribution is -2.63. The quantitative estimate of drug-likeness (QED) is 0.134. The van der Waals surface area contributed by atoms with Crippen LogP contribution in [0.15, 0.2) is 6.20 Å². The van der Waals surface area contributed by atoms with E-state index in [1.165, 1.54) is 0 Å². The molecule has 19 heteroatoms. The number of nitrogens with one attached hydrogen (secondary N) is 4. The van der Waals surface area contributed by atoms with Crippen LogP contribution in [0.5, 0.6) is 0 Å². The third-order valence-corrected chi connectivity index (χ3v) is 34.5. The molecule has 12 aliphatic carbocycles. The SMILES string of the molecule is C[C@@H]1CCC(=O)N[C@@H]2CC[C@@]3(C)[C@@H](C2)C[C@@H](O)[C@@H]2[C@@H]3C[C@H](O)[C@]3(C)[C@H](CC[C@@H]23)[C@H](C)CCC(=O)NCc2cn(nn2)[C@@H]2CC[C@@]3(C)[C@@H](C2)C[C@@H](O)[C@@H]2[C@@H]3C[C@H](O)[C@]3(C)[C@H](CC[C@@H]23)[C@H](C)CCC(=O)N[C@@H](CCC(=O)O)C(=O)N[C@@H]2CC[C@]3(C)[C@@H](C2)C[C@@H](O)[C@@H]2[C@H]3C[C@H](O)[C@]3(C)[C@@H]1CC[C@@H]23. The van der Waals surface area contributed by atoms with E-state index in [1.807, 2.05) is 10.9 Å². The van der Waals surface area contributed by atoms with E-state index in [-0.39, 0.29) is 196 Å². The summed E-state index contributed by atoms with van der Waals surface area (Å²) in [5, 5.41) is 107. The van der Waals surface area contributed by atoms with E-state index in [0.717, 1.165) is 83.5 Å². The number of rotatable bonds is 3. The van der Waals surface area contributed by atoms with Gasteiger partial charge in [0.05, 0.1) is 55.4 Å².